The van der Waals surface area contributed by atoms with E-state index < -0.39 is 0 Å². The van der Waals surface area contributed by atoms with Crippen LogP contribution in [0.15, 0.2) is 29.0 Å². The van der Waals surface area contributed by atoms with Gasteiger partial charge < -0.3 is 9.84 Å². The predicted octanol–water partition coefficient (Wildman–Crippen LogP) is 1.88. The number of piperazine rings is 1. The molecule has 21 heavy (non-hydrogen) atoms. The monoisotopic (exact) mass is 287 g/mol. The minimum absolute atomic E-state index is 0.247. The number of rotatable bonds is 5. The van der Waals surface area contributed by atoms with Crippen molar-refractivity contribution in [1.29, 1.82) is 0 Å². The summed E-state index contributed by atoms with van der Waals surface area (Å²) in [7, 11) is 0. The zero-order valence-electron chi connectivity index (χ0n) is 12.3. The van der Waals surface area contributed by atoms with Crippen LogP contribution < -0.4 is 5.32 Å². The molecule has 1 unspecified atom stereocenters. The molecule has 0 amide bonds. The van der Waals surface area contributed by atoms with Gasteiger partial charge in [-0.1, -0.05) is 18.5 Å². The molecule has 2 aromatic rings. The summed E-state index contributed by atoms with van der Waals surface area (Å²) in [6.07, 6.45) is 5.63. The third kappa shape index (κ3) is 3.28. The normalized spacial score (nSPS) is 17.8. The summed E-state index contributed by atoms with van der Waals surface area (Å²) in [6.45, 7) is 6.30. The summed E-state index contributed by atoms with van der Waals surface area (Å²) in [4.78, 5) is 11.1. The standard InChI is InChI=1S/C15H21N5O/c1-2-3-13(20-10-8-17-9-11-20)14-18-15(21-19-14)12-4-6-16-7-5-12/h4-7,13,17H,2-3,8-11H2,1H3. The van der Waals surface area contributed by atoms with Crippen LogP contribution in [-0.2, 0) is 0 Å². The molecule has 2 aromatic heterocycles. The lowest BCUT2D eigenvalue weighted by Gasteiger charge is -2.33. The van der Waals surface area contributed by atoms with E-state index in [-0.39, 0.29) is 6.04 Å². The molecular weight excluding hydrogens is 266 g/mol. The van der Waals surface area contributed by atoms with Crippen molar-refractivity contribution in [3.63, 3.8) is 0 Å². The fourth-order valence-electron chi connectivity index (χ4n) is 2.72. The number of pyridine rings is 1. The fourth-order valence-corrected chi connectivity index (χ4v) is 2.72. The van der Waals surface area contributed by atoms with Gasteiger partial charge in [0.25, 0.3) is 5.89 Å². The molecule has 1 aliphatic rings. The van der Waals surface area contributed by atoms with E-state index in [2.05, 4.69) is 32.3 Å². The Morgan fingerprint density at radius 2 is 2.05 bits per heavy atom. The lowest BCUT2D eigenvalue weighted by Crippen LogP contribution is -2.45. The Hall–Kier alpha value is -1.79. The quantitative estimate of drug-likeness (QED) is 0.905. The molecule has 1 N–H and O–H groups in total. The Morgan fingerprint density at radius 1 is 1.29 bits per heavy atom. The molecular formula is C15H21N5O. The molecule has 1 saturated heterocycles. The number of nitrogens with zero attached hydrogens (tertiary/aromatic N) is 4. The number of aromatic nitrogens is 3. The maximum atomic E-state index is 5.44. The number of nitrogens with one attached hydrogen (secondary N) is 1. The highest BCUT2D eigenvalue weighted by molar-refractivity contribution is 5.51. The number of hydrogen-bond acceptors (Lipinski definition) is 6. The summed E-state index contributed by atoms with van der Waals surface area (Å²) in [5.41, 5.74) is 0.916. The molecule has 0 bridgehead atoms. The maximum Gasteiger partial charge on any atom is 0.258 e. The first kappa shape index (κ1) is 14.2. The molecule has 6 heteroatoms. The SMILES string of the molecule is CCCC(c1noc(-c2ccncc2)n1)N1CCNCC1. The lowest BCUT2D eigenvalue weighted by atomic mass is 10.1. The molecule has 6 nitrogen and oxygen atoms in total. The predicted molar refractivity (Wildman–Crippen MR) is 79.6 cm³/mol. The highest BCUT2D eigenvalue weighted by atomic mass is 16.5. The summed E-state index contributed by atoms with van der Waals surface area (Å²) < 4.78 is 5.44. The molecule has 0 saturated carbocycles. The molecule has 1 aliphatic heterocycles. The van der Waals surface area contributed by atoms with E-state index in [1.165, 1.54) is 0 Å². The van der Waals surface area contributed by atoms with Crippen LogP contribution >= 0.6 is 0 Å². The second kappa shape index (κ2) is 6.78. The molecule has 1 atom stereocenters. The summed E-state index contributed by atoms with van der Waals surface area (Å²) in [5, 5.41) is 7.60. The van der Waals surface area contributed by atoms with Crippen LogP contribution in [0, 0.1) is 0 Å². The smallest absolute Gasteiger partial charge is 0.258 e. The van der Waals surface area contributed by atoms with Gasteiger partial charge in [0.15, 0.2) is 5.82 Å². The average Bonchev–Trinajstić information content (AvgIpc) is 3.04. The second-order valence-corrected chi connectivity index (χ2v) is 5.28. The average molecular weight is 287 g/mol. The minimum Gasteiger partial charge on any atom is -0.334 e. The van der Waals surface area contributed by atoms with Crippen LogP contribution in [0.4, 0.5) is 0 Å². The topological polar surface area (TPSA) is 67.1 Å². The molecule has 3 heterocycles. The zero-order valence-corrected chi connectivity index (χ0v) is 12.3. The van der Waals surface area contributed by atoms with Crippen molar-refractivity contribution in [1.82, 2.24) is 25.3 Å². The van der Waals surface area contributed by atoms with Crippen LogP contribution in [0.5, 0.6) is 0 Å². The first-order chi connectivity index (χ1) is 10.4. The van der Waals surface area contributed by atoms with E-state index in [0.717, 1.165) is 50.4 Å². The van der Waals surface area contributed by atoms with Crippen LogP contribution in [0.2, 0.25) is 0 Å². The zero-order chi connectivity index (χ0) is 14.5. The van der Waals surface area contributed by atoms with E-state index in [1.54, 1.807) is 12.4 Å². The highest BCUT2D eigenvalue weighted by Gasteiger charge is 2.26. The first-order valence-corrected chi connectivity index (χ1v) is 7.57. The van der Waals surface area contributed by atoms with Crippen LogP contribution in [0.25, 0.3) is 11.5 Å². The van der Waals surface area contributed by atoms with Gasteiger partial charge in [0.1, 0.15) is 0 Å². The second-order valence-electron chi connectivity index (χ2n) is 5.28. The summed E-state index contributed by atoms with van der Waals surface area (Å²) in [6, 6.07) is 4.02. The van der Waals surface area contributed by atoms with E-state index >= 15 is 0 Å². The highest BCUT2D eigenvalue weighted by Crippen LogP contribution is 2.26. The van der Waals surface area contributed by atoms with Crippen molar-refractivity contribution in [3.8, 4) is 11.5 Å². The fraction of sp³-hybridized carbons (Fsp3) is 0.533. The van der Waals surface area contributed by atoms with Crippen LogP contribution in [0.1, 0.15) is 31.6 Å². The minimum atomic E-state index is 0.247. The molecule has 0 radical (unpaired) electrons. The van der Waals surface area contributed by atoms with Gasteiger partial charge in [-0.25, -0.2) is 0 Å². The largest absolute Gasteiger partial charge is 0.334 e. The molecule has 0 aliphatic carbocycles. The Kier molecular flexibility index (Phi) is 4.57. The third-order valence-electron chi connectivity index (χ3n) is 3.82. The van der Waals surface area contributed by atoms with Gasteiger partial charge in [-0.3, -0.25) is 9.88 Å². The van der Waals surface area contributed by atoms with Crippen molar-refractivity contribution in [2.45, 2.75) is 25.8 Å². The first-order valence-electron chi connectivity index (χ1n) is 7.57. The van der Waals surface area contributed by atoms with Crippen molar-refractivity contribution < 1.29 is 4.52 Å². The van der Waals surface area contributed by atoms with Gasteiger partial charge in [-0.2, -0.15) is 4.98 Å². The van der Waals surface area contributed by atoms with Gasteiger partial charge in [0.2, 0.25) is 0 Å². The Bertz CT molecular complexity index is 550. The van der Waals surface area contributed by atoms with Crippen molar-refractivity contribution >= 4 is 0 Å². The molecule has 1 fully saturated rings. The van der Waals surface area contributed by atoms with E-state index in [4.69, 9.17) is 4.52 Å². The molecule has 3 rings (SSSR count). The van der Waals surface area contributed by atoms with Crippen molar-refractivity contribution in [2.75, 3.05) is 26.2 Å². The lowest BCUT2D eigenvalue weighted by molar-refractivity contribution is 0.155. The molecule has 0 aromatic carbocycles. The van der Waals surface area contributed by atoms with Crippen molar-refractivity contribution in [2.24, 2.45) is 0 Å². The third-order valence-corrected chi connectivity index (χ3v) is 3.82. The summed E-state index contributed by atoms with van der Waals surface area (Å²) >= 11 is 0. The Labute approximate surface area is 124 Å². The molecule has 0 spiro atoms. The van der Waals surface area contributed by atoms with Crippen molar-refractivity contribution in [3.05, 3.63) is 30.4 Å². The van der Waals surface area contributed by atoms with E-state index in [9.17, 15) is 0 Å². The van der Waals surface area contributed by atoms with Gasteiger partial charge in [-0.15, -0.1) is 0 Å². The van der Waals surface area contributed by atoms with Gasteiger partial charge >= 0.3 is 0 Å². The summed E-state index contributed by atoms with van der Waals surface area (Å²) in [5.74, 6) is 1.37. The van der Waals surface area contributed by atoms with Gasteiger partial charge in [-0.05, 0) is 18.6 Å². The van der Waals surface area contributed by atoms with Gasteiger partial charge in [0, 0.05) is 44.1 Å². The van der Waals surface area contributed by atoms with Crippen LogP contribution in [-0.4, -0.2) is 46.2 Å². The maximum absolute atomic E-state index is 5.44. The van der Waals surface area contributed by atoms with Crippen LogP contribution in [0.3, 0.4) is 0 Å². The Balaban J connectivity index is 1.81. The number of hydrogen-bond donors (Lipinski definition) is 1. The van der Waals surface area contributed by atoms with Gasteiger partial charge in [0.05, 0.1) is 6.04 Å². The van der Waals surface area contributed by atoms with E-state index in [1.807, 2.05) is 12.1 Å². The van der Waals surface area contributed by atoms with E-state index in [0.29, 0.717) is 5.89 Å². The molecule has 112 valence electrons. The Morgan fingerprint density at radius 3 is 2.76 bits per heavy atom.